The lowest BCUT2D eigenvalue weighted by atomic mass is 10.2. The number of nitrogens with one attached hydrogen (secondary N) is 1. The number of nitrogens with zero attached hydrogens (tertiary/aromatic N) is 2. The molecule has 0 aromatic carbocycles. The Morgan fingerprint density at radius 2 is 2.35 bits per heavy atom. The predicted octanol–water partition coefficient (Wildman–Crippen LogP) is 3.34. The fraction of sp³-hybridized carbons (Fsp3) is 0.429. The van der Waals surface area contributed by atoms with Crippen molar-refractivity contribution in [2.24, 2.45) is 0 Å². The van der Waals surface area contributed by atoms with Gasteiger partial charge in [-0.05, 0) is 25.5 Å². The van der Waals surface area contributed by atoms with Crippen LogP contribution in [-0.2, 0) is 6.54 Å². The highest BCUT2D eigenvalue weighted by Crippen LogP contribution is 2.19. The molecular weight excluding hydrogens is 274 g/mol. The summed E-state index contributed by atoms with van der Waals surface area (Å²) in [5, 5.41) is 5.84. The monoisotopic (exact) mass is 293 g/mol. The molecule has 0 aliphatic rings. The van der Waals surface area contributed by atoms with Crippen molar-refractivity contribution in [2.45, 2.75) is 32.9 Å². The maximum Gasteiger partial charge on any atom is 0.318 e. The van der Waals surface area contributed by atoms with Crippen molar-refractivity contribution in [1.29, 1.82) is 0 Å². The summed E-state index contributed by atoms with van der Waals surface area (Å²) in [4.78, 5) is 18.0. The highest BCUT2D eigenvalue weighted by Gasteiger charge is 2.18. The van der Waals surface area contributed by atoms with Gasteiger partial charge in [0.25, 0.3) is 0 Å². The standard InChI is InChI=1S/C14H19N3O2S/c1-4-12(13-15-7-8-20-13)16-14(18)17(3)9-11-6-5-10(2)19-11/h5-8,12H,4,9H2,1-3H3,(H,16,18)/t12-/m1/s1. The van der Waals surface area contributed by atoms with Crippen LogP contribution in [0.4, 0.5) is 4.79 Å². The Morgan fingerprint density at radius 3 is 2.90 bits per heavy atom. The van der Waals surface area contributed by atoms with Crippen LogP contribution in [-0.4, -0.2) is 23.0 Å². The molecule has 5 nitrogen and oxygen atoms in total. The lowest BCUT2D eigenvalue weighted by Crippen LogP contribution is -2.38. The zero-order valence-corrected chi connectivity index (χ0v) is 12.7. The molecule has 1 N–H and O–H groups in total. The maximum atomic E-state index is 12.2. The Hall–Kier alpha value is -1.82. The second-order valence-electron chi connectivity index (χ2n) is 4.65. The minimum atomic E-state index is -0.124. The number of carbonyl (C=O) groups is 1. The molecule has 0 radical (unpaired) electrons. The van der Waals surface area contributed by atoms with Crippen LogP contribution >= 0.6 is 11.3 Å². The van der Waals surface area contributed by atoms with E-state index in [0.717, 1.165) is 22.9 Å². The predicted molar refractivity (Wildman–Crippen MR) is 78.6 cm³/mol. The van der Waals surface area contributed by atoms with Gasteiger partial charge in [-0.1, -0.05) is 6.92 Å². The first-order valence-corrected chi connectivity index (χ1v) is 7.44. The summed E-state index contributed by atoms with van der Waals surface area (Å²) >= 11 is 1.55. The van der Waals surface area contributed by atoms with Gasteiger partial charge in [-0.3, -0.25) is 0 Å². The largest absolute Gasteiger partial charge is 0.464 e. The third-order valence-corrected chi connectivity index (χ3v) is 3.88. The molecule has 0 fully saturated rings. The van der Waals surface area contributed by atoms with Gasteiger partial charge < -0.3 is 14.6 Å². The number of furan rings is 1. The molecule has 2 heterocycles. The highest BCUT2D eigenvalue weighted by atomic mass is 32.1. The van der Waals surface area contributed by atoms with Gasteiger partial charge in [-0.25, -0.2) is 9.78 Å². The molecule has 0 aliphatic heterocycles. The summed E-state index contributed by atoms with van der Waals surface area (Å²) in [5.74, 6) is 1.63. The van der Waals surface area contributed by atoms with E-state index in [9.17, 15) is 4.79 Å². The van der Waals surface area contributed by atoms with Crippen LogP contribution < -0.4 is 5.32 Å². The number of amides is 2. The van der Waals surface area contributed by atoms with Crippen molar-refractivity contribution in [3.63, 3.8) is 0 Å². The van der Waals surface area contributed by atoms with Gasteiger partial charge in [0.2, 0.25) is 0 Å². The summed E-state index contributed by atoms with van der Waals surface area (Å²) in [6.45, 7) is 4.37. The van der Waals surface area contributed by atoms with Crippen LogP contribution in [0.15, 0.2) is 28.1 Å². The van der Waals surface area contributed by atoms with Crippen molar-refractivity contribution >= 4 is 17.4 Å². The molecule has 20 heavy (non-hydrogen) atoms. The van der Waals surface area contributed by atoms with Crippen molar-refractivity contribution in [3.8, 4) is 0 Å². The molecule has 6 heteroatoms. The third-order valence-electron chi connectivity index (χ3n) is 2.99. The van der Waals surface area contributed by atoms with E-state index in [1.54, 1.807) is 29.5 Å². The fourth-order valence-corrected chi connectivity index (χ4v) is 2.65. The number of hydrogen-bond acceptors (Lipinski definition) is 4. The van der Waals surface area contributed by atoms with E-state index in [2.05, 4.69) is 10.3 Å². The molecule has 0 saturated heterocycles. The van der Waals surface area contributed by atoms with Crippen LogP contribution in [0.1, 0.15) is 35.9 Å². The highest BCUT2D eigenvalue weighted by molar-refractivity contribution is 7.09. The SMILES string of the molecule is CC[C@@H](NC(=O)N(C)Cc1ccc(C)o1)c1nccs1. The molecule has 2 amide bonds. The zero-order chi connectivity index (χ0) is 14.5. The van der Waals surface area contributed by atoms with E-state index in [-0.39, 0.29) is 12.1 Å². The summed E-state index contributed by atoms with van der Waals surface area (Å²) in [5.41, 5.74) is 0. The van der Waals surface area contributed by atoms with Crippen LogP contribution in [0.2, 0.25) is 0 Å². The van der Waals surface area contributed by atoms with Gasteiger partial charge in [0.1, 0.15) is 16.5 Å². The van der Waals surface area contributed by atoms with Crippen molar-refractivity contribution in [1.82, 2.24) is 15.2 Å². The Kier molecular flexibility index (Phi) is 4.79. The van der Waals surface area contributed by atoms with Crippen LogP contribution in [0, 0.1) is 6.92 Å². The summed E-state index contributed by atoms with van der Waals surface area (Å²) in [6, 6.07) is 3.62. The number of thiazole rings is 1. The molecule has 0 aliphatic carbocycles. The second-order valence-corrected chi connectivity index (χ2v) is 5.58. The van der Waals surface area contributed by atoms with Crippen LogP contribution in [0.25, 0.3) is 0 Å². The molecule has 1 atom stereocenters. The van der Waals surface area contributed by atoms with Crippen LogP contribution in [0.3, 0.4) is 0 Å². The first kappa shape index (κ1) is 14.6. The van der Waals surface area contributed by atoms with E-state index in [1.165, 1.54) is 0 Å². The lowest BCUT2D eigenvalue weighted by Gasteiger charge is -2.21. The number of urea groups is 1. The first-order valence-electron chi connectivity index (χ1n) is 6.56. The summed E-state index contributed by atoms with van der Waals surface area (Å²) in [6.07, 6.45) is 2.57. The minimum absolute atomic E-state index is 0.0386. The van der Waals surface area contributed by atoms with Gasteiger partial charge in [-0.15, -0.1) is 11.3 Å². The van der Waals surface area contributed by atoms with E-state index in [0.29, 0.717) is 6.54 Å². The van der Waals surface area contributed by atoms with Gasteiger partial charge in [-0.2, -0.15) is 0 Å². The smallest absolute Gasteiger partial charge is 0.318 e. The van der Waals surface area contributed by atoms with Crippen LogP contribution in [0.5, 0.6) is 0 Å². The molecular formula is C14H19N3O2S. The molecule has 0 spiro atoms. The van der Waals surface area contributed by atoms with Gasteiger partial charge in [0.15, 0.2) is 0 Å². The lowest BCUT2D eigenvalue weighted by molar-refractivity contribution is 0.198. The van der Waals surface area contributed by atoms with E-state index < -0.39 is 0 Å². The molecule has 2 aromatic heterocycles. The number of hydrogen-bond donors (Lipinski definition) is 1. The van der Waals surface area contributed by atoms with Crippen molar-refractivity contribution in [2.75, 3.05) is 7.05 Å². The van der Waals surface area contributed by atoms with Gasteiger partial charge >= 0.3 is 6.03 Å². The first-order chi connectivity index (χ1) is 9.60. The van der Waals surface area contributed by atoms with Crippen molar-refractivity contribution in [3.05, 3.63) is 40.2 Å². The Bertz CT molecular complexity index is 551. The Morgan fingerprint density at radius 1 is 1.55 bits per heavy atom. The van der Waals surface area contributed by atoms with Crippen molar-refractivity contribution < 1.29 is 9.21 Å². The summed E-state index contributed by atoms with van der Waals surface area (Å²) < 4.78 is 5.48. The maximum absolute atomic E-state index is 12.2. The van der Waals surface area contributed by atoms with E-state index in [4.69, 9.17) is 4.42 Å². The number of carbonyl (C=O) groups excluding carboxylic acids is 1. The Labute approximate surface area is 122 Å². The Balaban J connectivity index is 1.93. The molecule has 108 valence electrons. The average Bonchev–Trinajstić information content (AvgIpc) is 3.07. The van der Waals surface area contributed by atoms with Gasteiger partial charge in [0, 0.05) is 18.6 Å². The molecule has 2 aromatic rings. The number of rotatable bonds is 5. The second kappa shape index (κ2) is 6.56. The quantitative estimate of drug-likeness (QED) is 0.919. The molecule has 0 saturated carbocycles. The van der Waals surface area contributed by atoms with E-state index in [1.807, 2.05) is 31.4 Å². The average molecular weight is 293 g/mol. The normalized spacial score (nSPS) is 12.2. The fourth-order valence-electron chi connectivity index (χ4n) is 1.88. The molecule has 0 bridgehead atoms. The third kappa shape index (κ3) is 3.60. The summed E-state index contributed by atoms with van der Waals surface area (Å²) in [7, 11) is 1.75. The topological polar surface area (TPSA) is 58.4 Å². The minimum Gasteiger partial charge on any atom is -0.464 e. The molecule has 0 unspecified atom stereocenters. The number of aryl methyl sites for hydroxylation is 1. The van der Waals surface area contributed by atoms with Gasteiger partial charge in [0.05, 0.1) is 12.6 Å². The zero-order valence-electron chi connectivity index (χ0n) is 11.9. The molecule has 2 rings (SSSR count). The van der Waals surface area contributed by atoms with E-state index >= 15 is 0 Å². The number of aromatic nitrogens is 1.